The second-order valence-electron chi connectivity index (χ2n) is 8.98. The minimum absolute atomic E-state index is 0.0501. The van der Waals surface area contributed by atoms with E-state index >= 15 is 0 Å². The van der Waals surface area contributed by atoms with Gasteiger partial charge in [-0.2, -0.15) is 0 Å². The van der Waals surface area contributed by atoms with E-state index in [-0.39, 0.29) is 60.1 Å². The highest BCUT2D eigenvalue weighted by molar-refractivity contribution is 6.18. The quantitative estimate of drug-likeness (QED) is 0.586. The summed E-state index contributed by atoms with van der Waals surface area (Å²) in [6, 6.07) is 4.67. The first-order chi connectivity index (χ1) is 14.7. The van der Waals surface area contributed by atoms with Crippen LogP contribution in [0.5, 0.6) is 11.5 Å². The molecule has 2 fully saturated rings. The van der Waals surface area contributed by atoms with Gasteiger partial charge in [0.1, 0.15) is 17.1 Å². The molecule has 1 N–H and O–H groups in total. The number of ketones is 2. The van der Waals surface area contributed by atoms with Crippen molar-refractivity contribution in [2.75, 3.05) is 13.2 Å². The Morgan fingerprint density at radius 1 is 1.29 bits per heavy atom. The van der Waals surface area contributed by atoms with Gasteiger partial charge in [0.2, 0.25) is 0 Å². The lowest BCUT2D eigenvalue weighted by atomic mass is 9.49. The van der Waals surface area contributed by atoms with Gasteiger partial charge in [-0.05, 0) is 26.0 Å². The number of Topliss-reactive ketones (excluding diaryl/α,β-unsaturated/α-hetero) is 2. The molecule has 0 amide bonds. The zero-order valence-electron chi connectivity index (χ0n) is 17.6. The number of aromatic hydroxyl groups is 1. The summed E-state index contributed by atoms with van der Waals surface area (Å²) in [5.74, 6) is -2.19. The molecule has 2 heterocycles. The summed E-state index contributed by atoms with van der Waals surface area (Å²) in [6.07, 6.45) is 3.86. The van der Waals surface area contributed by atoms with Crippen LogP contribution in [0.2, 0.25) is 0 Å². The van der Waals surface area contributed by atoms with E-state index in [4.69, 9.17) is 14.2 Å². The molecule has 1 spiro atoms. The van der Waals surface area contributed by atoms with E-state index in [0.717, 1.165) is 5.57 Å². The lowest BCUT2D eigenvalue weighted by Gasteiger charge is -2.58. The summed E-state index contributed by atoms with van der Waals surface area (Å²) in [5, 5.41) is 10.3. The number of benzene rings is 1. The lowest BCUT2D eigenvalue weighted by molar-refractivity contribution is -0.174. The molecular formula is C24H24O7. The molecule has 1 aromatic rings. The Bertz CT molecular complexity index is 1080. The molecule has 6 rings (SSSR count). The van der Waals surface area contributed by atoms with Crippen LogP contribution in [0.3, 0.4) is 0 Å². The van der Waals surface area contributed by atoms with E-state index in [1.54, 1.807) is 18.2 Å². The first-order valence-electron chi connectivity index (χ1n) is 10.5. The first kappa shape index (κ1) is 20.0. The predicted molar refractivity (Wildman–Crippen MR) is 109 cm³/mol. The van der Waals surface area contributed by atoms with Gasteiger partial charge >= 0.3 is 5.97 Å². The second-order valence-corrected chi connectivity index (χ2v) is 8.98. The van der Waals surface area contributed by atoms with E-state index in [1.165, 1.54) is 13.0 Å². The van der Waals surface area contributed by atoms with Crippen molar-refractivity contribution in [1.29, 1.82) is 0 Å². The maximum atomic E-state index is 13.8. The Morgan fingerprint density at radius 3 is 2.77 bits per heavy atom. The summed E-state index contributed by atoms with van der Waals surface area (Å²) >= 11 is 0. The van der Waals surface area contributed by atoms with Crippen LogP contribution in [0.1, 0.15) is 37.6 Å². The van der Waals surface area contributed by atoms with E-state index < -0.39 is 23.1 Å². The van der Waals surface area contributed by atoms with Gasteiger partial charge in [-0.25, -0.2) is 0 Å². The van der Waals surface area contributed by atoms with Crippen LogP contribution in [0.15, 0.2) is 41.5 Å². The number of rotatable bonds is 4. The molecule has 1 saturated heterocycles. The topological polar surface area (TPSA) is 99.1 Å². The van der Waals surface area contributed by atoms with Gasteiger partial charge in [0, 0.05) is 36.7 Å². The van der Waals surface area contributed by atoms with Crippen molar-refractivity contribution in [3.8, 4) is 11.5 Å². The molecule has 5 aliphatic rings. The Kier molecular flexibility index (Phi) is 4.21. The van der Waals surface area contributed by atoms with Gasteiger partial charge in [0.15, 0.2) is 22.8 Å². The average Bonchev–Trinajstić information content (AvgIpc) is 2.99. The fourth-order valence-corrected chi connectivity index (χ4v) is 5.76. The number of phenolic OH excluding ortho intramolecular Hbond substituents is 1. The molecule has 0 aromatic heterocycles. The highest BCUT2D eigenvalue weighted by Crippen LogP contribution is 2.65. The van der Waals surface area contributed by atoms with Gasteiger partial charge in [-0.15, -0.1) is 0 Å². The molecule has 5 atom stereocenters. The van der Waals surface area contributed by atoms with Crippen LogP contribution in [-0.4, -0.2) is 47.1 Å². The van der Waals surface area contributed by atoms with Crippen molar-refractivity contribution in [3.63, 3.8) is 0 Å². The third kappa shape index (κ3) is 2.41. The number of ether oxygens (including phenoxy) is 3. The van der Waals surface area contributed by atoms with Crippen LogP contribution in [0.4, 0.5) is 0 Å². The van der Waals surface area contributed by atoms with Crippen molar-refractivity contribution in [2.45, 2.75) is 38.4 Å². The standard InChI is InChI=1S/C24H24O7/c1-12(2)7-8-23-22(28)14-9-16-21(27)20-18(26)5-4-6-19(20)31-24(16,23)17(11-30-23)15(14)10-29-13(3)25/h4-7,9,14-15,17,26H,8,10-11H2,1-3H3/t14-,15+,17-,23+,24-/m1/s1. The van der Waals surface area contributed by atoms with Crippen LogP contribution in [0, 0.1) is 17.8 Å². The van der Waals surface area contributed by atoms with Crippen molar-refractivity contribution < 1.29 is 33.7 Å². The number of fused-ring (bicyclic) bond motifs is 1. The van der Waals surface area contributed by atoms with Crippen molar-refractivity contribution in [3.05, 3.63) is 47.1 Å². The Morgan fingerprint density at radius 2 is 2.06 bits per heavy atom. The van der Waals surface area contributed by atoms with Crippen molar-refractivity contribution in [1.82, 2.24) is 0 Å². The fourth-order valence-electron chi connectivity index (χ4n) is 5.76. The maximum Gasteiger partial charge on any atom is 0.302 e. The third-order valence-electron chi connectivity index (χ3n) is 7.08. The summed E-state index contributed by atoms with van der Waals surface area (Å²) in [7, 11) is 0. The van der Waals surface area contributed by atoms with E-state index in [1.807, 2.05) is 19.9 Å². The number of esters is 1. The summed E-state index contributed by atoms with van der Waals surface area (Å²) in [6.45, 7) is 5.46. The summed E-state index contributed by atoms with van der Waals surface area (Å²) in [4.78, 5) is 38.8. The SMILES string of the molecule is CC(=O)OC[C@@H]1[C@H]2CO[C@@]3(CC=C(C)C)C(=O)[C@@H]1C=C1C(=O)c4c(O)cccc4O[C@]123. The normalized spacial score (nSPS) is 34.4. The molecule has 0 unspecified atom stereocenters. The van der Waals surface area contributed by atoms with Gasteiger partial charge in [-0.3, -0.25) is 14.4 Å². The zero-order chi connectivity index (χ0) is 22.1. The van der Waals surface area contributed by atoms with E-state index in [9.17, 15) is 19.5 Å². The third-order valence-corrected chi connectivity index (χ3v) is 7.08. The van der Waals surface area contributed by atoms with Crippen LogP contribution in [-0.2, 0) is 19.1 Å². The molecule has 3 aliphatic carbocycles. The predicted octanol–water partition coefficient (Wildman–Crippen LogP) is 2.77. The molecule has 1 aromatic carbocycles. The largest absolute Gasteiger partial charge is 0.507 e. The number of allylic oxidation sites excluding steroid dienone is 2. The summed E-state index contributed by atoms with van der Waals surface area (Å²) < 4.78 is 18.1. The van der Waals surface area contributed by atoms with Crippen LogP contribution >= 0.6 is 0 Å². The molecule has 0 radical (unpaired) electrons. The van der Waals surface area contributed by atoms with Crippen LogP contribution in [0.25, 0.3) is 0 Å². The van der Waals surface area contributed by atoms with Gasteiger partial charge < -0.3 is 19.3 Å². The molecule has 2 aliphatic heterocycles. The molecular weight excluding hydrogens is 400 g/mol. The maximum absolute atomic E-state index is 13.8. The number of phenols is 1. The minimum Gasteiger partial charge on any atom is -0.507 e. The van der Waals surface area contributed by atoms with Crippen LogP contribution < -0.4 is 4.74 Å². The Balaban J connectivity index is 1.73. The second kappa shape index (κ2) is 6.53. The highest BCUT2D eigenvalue weighted by atomic mass is 16.6. The van der Waals surface area contributed by atoms with Crippen molar-refractivity contribution in [2.24, 2.45) is 17.8 Å². The molecule has 7 nitrogen and oxygen atoms in total. The number of carbonyl (C=O) groups excluding carboxylic acids is 3. The smallest absolute Gasteiger partial charge is 0.302 e. The zero-order valence-corrected chi connectivity index (χ0v) is 17.6. The Hall–Kier alpha value is -2.93. The number of hydrogen-bond acceptors (Lipinski definition) is 7. The molecule has 31 heavy (non-hydrogen) atoms. The molecule has 1 saturated carbocycles. The van der Waals surface area contributed by atoms with Crippen molar-refractivity contribution >= 4 is 17.5 Å². The first-order valence-corrected chi connectivity index (χ1v) is 10.5. The number of carbonyl (C=O) groups is 3. The number of hydrogen-bond donors (Lipinski definition) is 1. The van der Waals surface area contributed by atoms with E-state index in [2.05, 4.69) is 0 Å². The van der Waals surface area contributed by atoms with E-state index in [0.29, 0.717) is 5.57 Å². The van der Waals surface area contributed by atoms with Gasteiger partial charge in [-0.1, -0.05) is 23.8 Å². The van der Waals surface area contributed by atoms with Gasteiger partial charge in [0.25, 0.3) is 0 Å². The summed E-state index contributed by atoms with van der Waals surface area (Å²) in [5.41, 5.74) is -1.18. The molecule has 162 valence electrons. The average molecular weight is 424 g/mol. The highest BCUT2D eigenvalue weighted by Gasteiger charge is 2.79. The molecule has 4 bridgehead atoms. The minimum atomic E-state index is -1.34. The fraction of sp³-hybridized carbons (Fsp3) is 0.458. The Labute approximate surface area is 179 Å². The lowest BCUT2D eigenvalue weighted by Crippen LogP contribution is -2.74. The molecule has 7 heteroatoms. The monoisotopic (exact) mass is 424 g/mol. The van der Waals surface area contributed by atoms with Gasteiger partial charge in [0.05, 0.1) is 13.2 Å².